The van der Waals surface area contributed by atoms with Crippen molar-refractivity contribution in [1.29, 1.82) is 5.26 Å². The molecule has 9 heteroatoms. The number of nitrogens with one attached hydrogen (secondary N) is 1. The number of hydrogen-bond donors (Lipinski definition) is 1. The van der Waals surface area contributed by atoms with Crippen LogP contribution in [0.15, 0.2) is 49.2 Å². The third kappa shape index (κ3) is 2.32. The lowest BCUT2D eigenvalue weighted by Crippen LogP contribution is -2.15. The van der Waals surface area contributed by atoms with Crippen molar-refractivity contribution in [2.75, 3.05) is 0 Å². The molecule has 0 fully saturated rings. The summed E-state index contributed by atoms with van der Waals surface area (Å²) in [4.78, 5) is 9.08. The second kappa shape index (κ2) is 5.56. The molecule has 5 rings (SSSR count). The molecule has 0 bridgehead atoms. The topological polar surface area (TPSA) is 105 Å². The molecule has 5 aromatic rings. The van der Waals surface area contributed by atoms with Gasteiger partial charge in [-0.25, -0.2) is 14.5 Å². The fourth-order valence-electron chi connectivity index (χ4n) is 2.93. The Morgan fingerprint density at radius 3 is 3.08 bits per heavy atom. The Labute approximate surface area is 147 Å². The van der Waals surface area contributed by atoms with E-state index < -0.39 is 0 Å². The third-order valence-corrected chi connectivity index (χ3v) is 4.22. The quantitative estimate of drug-likeness (QED) is 0.536. The van der Waals surface area contributed by atoms with Crippen molar-refractivity contribution in [1.82, 2.24) is 39.1 Å². The lowest BCUT2D eigenvalue weighted by atomic mass is 10.2. The Bertz CT molecular complexity index is 1260. The van der Waals surface area contributed by atoms with Gasteiger partial charge < -0.3 is 0 Å². The Hall–Kier alpha value is -3.93. The molecule has 0 saturated carbocycles. The van der Waals surface area contributed by atoms with E-state index in [0.717, 1.165) is 33.6 Å². The molecule has 0 saturated heterocycles. The minimum atomic E-state index is 0.211. The van der Waals surface area contributed by atoms with Crippen LogP contribution in [0.2, 0.25) is 0 Å². The summed E-state index contributed by atoms with van der Waals surface area (Å²) in [6.07, 6.45) is 8.91. The Morgan fingerprint density at radius 1 is 1.19 bits per heavy atom. The lowest BCUT2D eigenvalue weighted by molar-refractivity contribution is 0.665. The van der Waals surface area contributed by atoms with Gasteiger partial charge in [-0.2, -0.15) is 15.5 Å². The number of H-pyrrole nitrogens is 1. The van der Waals surface area contributed by atoms with Crippen molar-refractivity contribution in [2.45, 2.75) is 13.1 Å². The molecule has 1 N–H and O–H groups in total. The number of fused-ring (bicyclic) bond motifs is 2. The van der Waals surface area contributed by atoms with Crippen LogP contribution in [-0.2, 0) is 13.1 Å². The molecular formula is C17H13N9. The van der Waals surface area contributed by atoms with Crippen LogP contribution in [0.4, 0.5) is 0 Å². The summed E-state index contributed by atoms with van der Waals surface area (Å²) in [6.45, 7) is 0.879. The van der Waals surface area contributed by atoms with Gasteiger partial charge in [-0.15, -0.1) is 0 Å². The van der Waals surface area contributed by atoms with E-state index in [1.807, 2.05) is 27.5 Å². The molecule has 9 nitrogen and oxygen atoms in total. The van der Waals surface area contributed by atoms with E-state index >= 15 is 0 Å². The number of hydrogen-bond acceptors (Lipinski definition) is 5. The first-order chi connectivity index (χ1) is 12.8. The molecule has 0 unspecified atom stereocenters. The molecule has 5 heterocycles. The van der Waals surface area contributed by atoms with Crippen LogP contribution < -0.4 is 0 Å². The van der Waals surface area contributed by atoms with Gasteiger partial charge in [-0.1, -0.05) is 0 Å². The maximum atomic E-state index is 8.76. The van der Waals surface area contributed by atoms with Gasteiger partial charge in [-0.05, 0) is 23.8 Å². The third-order valence-electron chi connectivity index (χ3n) is 4.22. The fraction of sp³-hybridized carbons (Fsp3) is 0.118. The zero-order valence-electron chi connectivity index (χ0n) is 13.6. The van der Waals surface area contributed by atoms with Gasteiger partial charge in [0.2, 0.25) is 0 Å². The molecule has 0 atom stereocenters. The molecule has 0 aromatic carbocycles. The van der Waals surface area contributed by atoms with Crippen LogP contribution in [0.1, 0.15) is 5.56 Å². The zero-order chi connectivity index (χ0) is 17.5. The Morgan fingerprint density at radius 2 is 2.15 bits per heavy atom. The predicted octanol–water partition coefficient (Wildman–Crippen LogP) is 1.84. The van der Waals surface area contributed by atoms with Crippen molar-refractivity contribution < 1.29 is 0 Å². The Kier molecular flexibility index (Phi) is 3.08. The lowest BCUT2D eigenvalue weighted by Gasteiger charge is -2.15. The van der Waals surface area contributed by atoms with E-state index in [2.05, 4.69) is 37.4 Å². The normalized spacial score (nSPS) is 11.3. The van der Waals surface area contributed by atoms with Crippen LogP contribution in [0.5, 0.6) is 0 Å². The highest BCUT2D eigenvalue weighted by Gasteiger charge is 2.12. The maximum absolute atomic E-state index is 8.76. The summed E-state index contributed by atoms with van der Waals surface area (Å²) < 4.78 is 5.36. The summed E-state index contributed by atoms with van der Waals surface area (Å²) in [5.74, 6) is 0. The van der Waals surface area contributed by atoms with Gasteiger partial charge in [0.1, 0.15) is 6.54 Å². The number of nitrogens with zero attached hydrogens (tertiary/aromatic N) is 8. The molecule has 126 valence electrons. The molecule has 26 heavy (non-hydrogen) atoms. The fourth-order valence-corrected chi connectivity index (χ4v) is 2.93. The first-order valence-corrected chi connectivity index (χ1v) is 8.03. The van der Waals surface area contributed by atoms with Gasteiger partial charge in [0.15, 0.2) is 11.3 Å². The summed E-state index contributed by atoms with van der Waals surface area (Å²) in [5, 5.41) is 20.3. The van der Waals surface area contributed by atoms with Gasteiger partial charge in [0, 0.05) is 24.2 Å². The minimum absolute atomic E-state index is 0.211. The van der Waals surface area contributed by atoms with E-state index in [1.54, 1.807) is 29.5 Å². The highest BCUT2D eigenvalue weighted by molar-refractivity contribution is 5.71. The predicted molar refractivity (Wildman–Crippen MR) is 93.0 cm³/mol. The van der Waals surface area contributed by atoms with E-state index in [4.69, 9.17) is 5.26 Å². The Balaban J connectivity index is 1.46. The first kappa shape index (κ1) is 14.4. The summed E-state index contributed by atoms with van der Waals surface area (Å²) in [7, 11) is 0. The minimum Gasteiger partial charge on any atom is -0.277 e. The summed E-state index contributed by atoms with van der Waals surface area (Å²) in [5.41, 5.74) is 5.31. The maximum Gasteiger partial charge on any atom is 0.193 e. The largest absolute Gasteiger partial charge is 0.277 e. The number of rotatable bonds is 4. The second-order valence-corrected chi connectivity index (χ2v) is 5.95. The number of nitriles is 1. The summed E-state index contributed by atoms with van der Waals surface area (Å²) >= 11 is 0. The number of aromatic nitrogens is 8. The highest BCUT2D eigenvalue weighted by atomic mass is 15.4. The molecule has 0 amide bonds. The van der Waals surface area contributed by atoms with Crippen LogP contribution >= 0.6 is 0 Å². The van der Waals surface area contributed by atoms with Crippen LogP contribution in [0, 0.1) is 11.3 Å². The van der Waals surface area contributed by atoms with Crippen LogP contribution in [0.3, 0.4) is 0 Å². The van der Waals surface area contributed by atoms with E-state index in [-0.39, 0.29) is 6.54 Å². The number of pyridine rings is 1. The van der Waals surface area contributed by atoms with Crippen molar-refractivity contribution in [3.8, 4) is 17.3 Å². The van der Waals surface area contributed by atoms with Crippen LogP contribution in [0.25, 0.3) is 28.1 Å². The first-order valence-electron chi connectivity index (χ1n) is 8.03. The smallest absolute Gasteiger partial charge is 0.193 e. The van der Waals surface area contributed by atoms with Crippen molar-refractivity contribution in [3.63, 3.8) is 0 Å². The molecule has 0 aliphatic carbocycles. The molecule has 0 aliphatic rings. The van der Waals surface area contributed by atoms with Crippen LogP contribution in [-0.4, -0.2) is 39.1 Å². The van der Waals surface area contributed by atoms with Crippen molar-refractivity contribution in [3.05, 3.63) is 54.7 Å². The van der Waals surface area contributed by atoms with Crippen molar-refractivity contribution in [2.24, 2.45) is 0 Å². The monoisotopic (exact) mass is 343 g/mol. The standard InChI is InChI=1S/C17H13N9/c18-3-6-24-11-13(8-21-24)15-9-19-16-17(22-15)26(23-16)10-12-2-5-25-14(7-12)1-4-20-25/h1-2,4-5,7-9,11H,6,10H2,(H,19,23). The molecule has 5 aromatic heterocycles. The van der Waals surface area contributed by atoms with E-state index in [0.29, 0.717) is 6.54 Å². The van der Waals surface area contributed by atoms with Gasteiger partial charge in [0.05, 0.1) is 36.2 Å². The van der Waals surface area contributed by atoms with E-state index in [1.165, 1.54) is 0 Å². The average Bonchev–Trinajstić information content (AvgIpc) is 3.29. The second-order valence-electron chi connectivity index (χ2n) is 5.95. The molecular weight excluding hydrogens is 330 g/mol. The zero-order valence-corrected chi connectivity index (χ0v) is 13.6. The van der Waals surface area contributed by atoms with Gasteiger partial charge >= 0.3 is 0 Å². The SMILES string of the molecule is N#CCn1cc(-c2cnc3[nH]n(Cc4ccn5nccc5c4)c3n2)cn1. The average molecular weight is 343 g/mol. The highest BCUT2D eigenvalue weighted by Crippen LogP contribution is 2.20. The van der Waals surface area contributed by atoms with Gasteiger partial charge in [0.25, 0.3) is 0 Å². The molecule has 0 spiro atoms. The molecule has 0 aliphatic heterocycles. The summed E-state index contributed by atoms with van der Waals surface area (Å²) in [6, 6.07) is 8.16. The van der Waals surface area contributed by atoms with E-state index in [9.17, 15) is 0 Å². The molecule has 0 radical (unpaired) electrons. The van der Waals surface area contributed by atoms with Crippen molar-refractivity contribution >= 4 is 16.8 Å². The van der Waals surface area contributed by atoms with Gasteiger partial charge in [-0.3, -0.25) is 14.5 Å². The number of aromatic amines is 1.